The van der Waals surface area contributed by atoms with Gasteiger partial charge in [0.2, 0.25) is 0 Å². The minimum atomic E-state index is -0.529. The largest absolute Gasteiger partial charge is 0.433 e. The first-order valence-electron chi connectivity index (χ1n) is 5.32. The lowest BCUT2D eigenvalue weighted by Gasteiger charge is -2.17. The lowest BCUT2D eigenvalue weighted by atomic mass is 9.92. The maximum absolute atomic E-state index is 10.4. The molecule has 0 aromatic carbocycles. The molecule has 0 bridgehead atoms. The molecule has 0 aliphatic carbocycles. The highest BCUT2D eigenvalue weighted by molar-refractivity contribution is 5.17. The molecule has 0 unspecified atom stereocenters. The summed E-state index contributed by atoms with van der Waals surface area (Å²) in [5.41, 5.74) is 0.294. The maximum atomic E-state index is 10.4. The zero-order valence-corrected chi connectivity index (χ0v) is 9.95. The quantitative estimate of drug-likeness (QED) is 0.476. The van der Waals surface area contributed by atoms with Gasteiger partial charge in [0.15, 0.2) is 0 Å². The maximum Gasteiger partial charge on any atom is 0.433 e. The molecular formula is C11H18N2O3. The van der Waals surface area contributed by atoms with E-state index in [4.69, 9.17) is 4.42 Å². The molecule has 0 amide bonds. The fourth-order valence-electron chi connectivity index (χ4n) is 1.23. The number of furan rings is 1. The van der Waals surface area contributed by atoms with Crippen LogP contribution in [0.15, 0.2) is 16.5 Å². The molecule has 1 aromatic rings. The van der Waals surface area contributed by atoms with Gasteiger partial charge in [-0.25, -0.2) is 0 Å². The molecule has 0 aliphatic heterocycles. The summed E-state index contributed by atoms with van der Waals surface area (Å²) in [7, 11) is 0. The number of nitrogens with zero attached hydrogens (tertiary/aromatic N) is 1. The van der Waals surface area contributed by atoms with Crippen molar-refractivity contribution in [2.24, 2.45) is 5.41 Å². The molecule has 5 heteroatoms. The van der Waals surface area contributed by atoms with Crippen LogP contribution < -0.4 is 5.32 Å². The van der Waals surface area contributed by atoms with E-state index in [1.165, 1.54) is 6.07 Å². The molecule has 1 rings (SSSR count). The van der Waals surface area contributed by atoms with E-state index >= 15 is 0 Å². The Balaban J connectivity index is 2.30. The highest BCUT2D eigenvalue weighted by Crippen LogP contribution is 2.18. The molecule has 5 nitrogen and oxygen atoms in total. The molecule has 0 fully saturated rings. The summed E-state index contributed by atoms with van der Waals surface area (Å²) in [6, 6.07) is 3.00. The van der Waals surface area contributed by atoms with Crippen LogP contribution in [0.3, 0.4) is 0 Å². The van der Waals surface area contributed by atoms with Gasteiger partial charge >= 0.3 is 5.88 Å². The molecule has 90 valence electrons. The summed E-state index contributed by atoms with van der Waals surface area (Å²) >= 11 is 0. The Morgan fingerprint density at radius 1 is 1.44 bits per heavy atom. The van der Waals surface area contributed by atoms with Crippen LogP contribution in [0, 0.1) is 15.5 Å². The number of nitrogens with one attached hydrogen (secondary N) is 1. The zero-order valence-electron chi connectivity index (χ0n) is 9.95. The minimum Gasteiger partial charge on any atom is -0.404 e. The fourth-order valence-corrected chi connectivity index (χ4v) is 1.23. The van der Waals surface area contributed by atoms with Crippen LogP contribution in [0.4, 0.5) is 5.88 Å². The third-order valence-electron chi connectivity index (χ3n) is 2.18. The summed E-state index contributed by atoms with van der Waals surface area (Å²) < 4.78 is 5.02. The first kappa shape index (κ1) is 12.7. The summed E-state index contributed by atoms with van der Waals surface area (Å²) in [5.74, 6) is 0.397. The number of rotatable bonds is 5. The van der Waals surface area contributed by atoms with E-state index in [9.17, 15) is 10.1 Å². The molecule has 0 aliphatic rings. The fraction of sp³-hybridized carbons (Fsp3) is 0.636. The standard InChI is InChI=1S/C11H18N2O3/c1-11(2,3)6-7-12-8-9-4-5-10(16-9)13(14)15/h4-5,12H,6-8H2,1-3H3. The van der Waals surface area contributed by atoms with Crippen LogP contribution in [-0.2, 0) is 6.54 Å². The Hall–Kier alpha value is -1.36. The van der Waals surface area contributed by atoms with Gasteiger partial charge in [0, 0.05) is 0 Å². The second kappa shape index (κ2) is 5.12. The third-order valence-corrected chi connectivity index (χ3v) is 2.18. The smallest absolute Gasteiger partial charge is 0.404 e. The number of hydrogen-bond acceptors (Lipinski definition) is 4. The molecule has 16 heavy (non-hydrogen) atoms. The van der Waals surface area contributed by atoms with E-state index in [-0.39, 0.29) is 5.88 Å². The summed E-state index contributed by atoms with van der Waals surface area (Å²) in [6.07, 6.45) is 1.05. The summed E-state index contributed by atoms with van der Waals surface area (Å²) in [4.78, 5) is 9.84. The van der Waals surface area contributed by atoms with Gasteiger partial charge in [-0.05, 0) is 24.4 Å². The van der Waals surface area contributed by atoms with Gasteiger partial charge in [-0.1, -0.05) is 20.8 Å². The van der Waals surface area contributed by atoms with Crippen molar-refractivity contribution in [2.45, 2.75) is 33.7 Å². The molecule has 0 radical (unpaired) electrons. The van der Waals surface area contributed by atoms with Gasteiger partial charge in [0.1, 0.15) is 10.7 Å². The minimum absolute atomic E-state index is 0.201. The van der Waals surface area contributed by atoms with Gasteiger partial charge < -0.3 is 9.73 Å². The topological polar surface area (TPSA) is 68.3 Å². The van der Waals surface area contributed by atoms with E-state index < -0.39 is 4.92 Å². The number of nitro groups is 1. The van der Waals surface area contributed by atoms with Crippen molar-refractivity contribution in [3.63, 3.8) is 0 Å². The van der Waals surface area contributed by atoms with Crippen molar-refractivity contribution in [1.82, 2.24) is 5.32 Å². The van der Waals surface area contributed by atoms with Gasteiger partial charge in [-0.15, -0.1) is 0 Å². The Bertz CT molecular complexity index is 352. The van der Waals surface area contributed by atoms with Crippen molar-refractivity contribution in [3.05, 3.63) is 28.0 Å². The predicted octanol–water partition coefficient (Wildman–Crippen LogP) is 2.71. The Morgan fingerprint density at radius 3 is 2.62 bits per heavy atom. The lowest BCUT2D eigenvalue weighted by molar-refractivity contribution is -0.402. The Kier molecular flexibility index (Phi) is 4.06. The molecule has 0 spiro atoms. The van der Waals surface area contributed by atoms with E-state index in [2.05, 4.69) is 26.1 Å². The highest BCUT2D eigenvalue weighted by atomic mass is 16.6. The second-order valence-corrected chi connectivity index (χ2v) is 4.98. The molecule has 0 atom stereocenters. The van der Waals surface area contributed by atoms with Gasteiger partial charge in [0.05, 0.1) is 12.6 Å². The van der Waals surface area contributed by atoms with E-state index in [1.807, 2.05) is 0 Å². The van der Waals surface area contributed by atoms with Crippen LogP contribution >= 0.6 is 0 Å². The van der Waals surface area contributed by atoms with Crippen molar-refractivity contribution < 1.29 is 9.34 Å². The van der Waals surface area contributed by atoms with Crippen LogP contribution in [0.25, 0.3) is 0 Å². The number of hydrogen-bond donors (Lipinski definition) is 1. The monoisotopic (exact) mass is 226 g/mol. The van der Waals surface area contributed by atoms with Crippen molar-refractivity contribution in [3.8, 4) is 0 Å². The molecule has 1 N–H and O–H groups in total. The van der Waals surface area contributed by atoms with E-state index in [0.717, 1.165) is 13.0 Å². The predicted molar refractivity (Wildman–Crippen MR) is 61.1 cm³/mol. The molecule has 1 heterocycles. The molecule has 1 aromatic heterocycles. The van der Waals surface area contributed by atoms with Crippen LogP contribution in [0.5, 0.6) is 0 Å². The lowest BCUT2D eigenvalue weighted by Crippen LogP contribution is -2.19. The van der Waals surface area contributed by atoms with Crippen molar-refractivity contribution >= 4 is 5.88 Å². The van der Waals surface area contributed by atoms with Crippen LogP contribution in [0.1, 0.15) is 33.0 Å². The Morgan fingerprint density at radius 2 is 2.12 bits per heavy atom. The summed E-state index contributed by atoms with van der Waals surface area (Å²) in [5, 5.41) is 13.6. The SMILES string of the molecule is CC(C)(C)CCNCc1ccc([N+](=O)[O-])o1. The first-order valence-corrected chi connectivity index (χ1v) is 5.32. The second-order valence-electron chi connectivity index (χ2n) is 4.98. The molecular weight excluding hydrogens is 208 g/mol. The van der Waals surface area contributed by atoms with E-state index in [0.29, 0.717) is 17.7 Å². The van der Waals surface area contributed by atoms with Gasteiger partial charge in [-0.3, -0.25) is 10.1 Å². The first-order chi connectivity index (χ1) is 7.38. The van der Waals surface area contributed by atoms with E-state index in [1.54, 1.807) is 6.07 Å². The van der Waals surface area contributed by atoms with Crippen LogP contribution in [-0.4, -0.2) is 11.5 Å². The van der Waals surface area contributed by atoms with Gasteiger partial charge in [0.25, 0.3) is 0 Å². The van der Waals surface area contributed by atoms with Crippen molar-refractivity contribution in [2.75, 3.05) is 6.54 Å². The molecule has 0 saturated heterocycles. The molecule has 0 saturated carbocycles. The Labute approximate surface area is 95.0 Å². The average Bonchev–Trinajstić information content (AvgIpc) is 2.59. The summed E-state index contributed by atoms with van der Waals surface area (Å²) in [6.45, 7) is 7.92. The average molecular weight is 226 g/mol. The van der Waals surface area contributed by atoms with Gasteiger partial charge in [-0.2, -0.15) is 0 Å². The highest BCUT2D eigenvalue weighted by Gasteiger charge is 2.12. The van der Waals surface area contributed by atoms with Crippen LogP contribution in [0.2, 0.25) is 0 Å². The normalized spacial score (nSPS) is 11.7. The third kappa shape index (κ3) is 4.44. The van der Waals surface area contributed by atoms with Crippen molar-refractivity contribution in [1.29, 1.82) is 0 Å². The zero-order chi connectivity index (χ0) is 12.2.